The second-order valence-corrected chi connectivity index (χ2v) is 6.29. The third kappa shape index (κ3) is 4.31. The zero-order chi connectivity index (χ0) is 15.2. The van der Waals surface area contributed by atoms with E-state index in [-0.39, 0.29) is 6.04 Å². The summed E-state index contributed by atoms with van der Waals surface area (Å²) in [5.74, 6) is 0.757. The highest BCUT2D eigenvalue weighted by molar-refractivity contribution is 14.1. The van der Waals surface area contributed by atoms with Gasteiger partial charge in [0.1, 0.15) is 5.75 Å². The first-order chi connectivity index (χ1) is 10.2. The van der Waals surface area contributed by atoms with Gasteiger partial charge in [-0.2, -0.15) is 0 Å². The Kier molecular flexibility index (Phi) is 6.26. The molecule has 0 saturated carbocycles. The first-order valence-corrected chi connectivity index (χ1v) is 8.28. The number of benzene rings is 1. The smallest absolute Gasteiger partial charge is 0.137 e. The van der Waals surface area contributed by atoms with Crippen LogP contribution in [0, 0.1) is 3.57 Å². The van der Waals surface area contributed by atoms with Crippen molar-refractivity contribution in [3.8, 4) is 5.75 Å². The van der Waals surface area contributed by atoms with Gasteiger partial charge in [-0.3, -0.25) is 4.98 Å². The van der Waals surface area contributed by atoms with Crippen LogP contribution in [0.4, 0.5) is 0 Å². The number of ether oxygens (including phenoxy) is 1. The molecule has 21 heavy (non-hydrogen) atoms. The van der Waals surface area contributed by atoms with Gasteiger partial charge in [0, 0.05) is 9.77 Å². The van der Waals surface area contributed by atoms with Gasteiger partial charge in [0.25, 0.3) is 0 Å². The summed E-state index contributed by atoms with van der Waals surface area (Å²) in [4.78, 5) is 4.25. The highest BCUT2D eigenvalue weighted by Gasteiger charge is 2.15. The van der Waals surface area contributed by atoms with Gasteiger partial charge in [-0.1, -0.05) is 24.6 Å². The molecule has 112 valence electrons. The zero-order valence-electron chi connectivity index (χ0n) is 12.1. The average Bonchev–Trinajstić information content (AvgIpc) is 2.51. The minimum Gasteiger partial charge on any atom is -0.495 e. The second kappa shape index (κ2) is 7.96. The quantitative estimate of drug-likeness (QED) is 0.707. The van der Waals surface area contributed by atoms with E-state index in [4.69, 9.17) is 16.3 Å². The van der Waals surface area contributed by atoms with Crippen molar-refractivity contribution in [3.05, 3.63) is 56.4 Å². The molecule has 1 heterocycles. The van der Waals surface area contributed by atoms with Crippen LogP contribution in [-0.2, 0) is 0 Å². The van der Waals surface area contributed by atoms with Crippen LogP contribution >= 0.6 is 34.2 Å². The van der Waals surface area contributed by atoms with Gasteiger partial charge in [-0.05, 0) is 64.9 Å². The van der Waals surface area contributed by atoms with Crippen molar-refractivity contribution in [1.82, 2.24) is 10.3 Å². The van der Waals surface area contributed by atoms with Crippen LogP contribution in [0.2, 0.25) is 5.02 Å². The summed E-state index contributed by atoms with van der Waals surface area (Å²) in [7, 11) is 1.65. The van der Waals surface area contributed by atoms with Crippen molar-refractivity contribution in [2.45, 2.75) is 19.4 Å². The molecule has 0 aliphatic carbocycles. The molecule has 1 aromatic carbocycles. The van der Waals surface area contributed by atoms with E-state index in [1.807, 2.05) is 24.4 Å². The molecule has 5 heteroatoms. The highest BCUT2D eigenvalue weighted by atomic mass is 127. The molecule has 0 aliphatic rings. The summed E-state index contributed by atoms with van der Waals surface area (Å²) in [5.41, 5.74) is 2.20. The maximum absolute atomic E-state index is 6.26. The predicted octanol–water partition coefficient (Wildman–Crippen LogP) is 4.44. The van der Waals surface area contributed by atoms with Gasteiger partial charge in [-0.15, -0.1) is 0 Å². The van der Waals surface area contributed by atoms with E-state index in [9.17, 15) is 0 Å². The van der Waals surface area contributed by atoms with Gasteiger partial charge < -0.3 is 10.1 Å². The molecule has 3 nitrogen and oxygen atoms in total. The number of methoxy groups -OCH3 is 1. The minimum atomic E-state index is 0.0575. The van der Waals surface area contributed by atoms with Gasteiger partial charge in [-0.25, -0.2) is 0 Å². The molecule has 0 radical (unpaired) electrons. The van der Waals surface area contributed by atoms with E-state index in [0.29, 0.717) is 0 Å². The topological polar surface area (TPSA) is 34.2 Å². The van der Waals surface area contributed by atoms with E-state index >= 15 is 0 Å². The molecule has 1 atom stereocenters. The Morgan fingerprint density at radius 1 is 1.29 bits per heavy atom. The number of rotatable bonds is 6. The maximum Gasteiger partial charge on any atom is 0.137 e. The van der Waals surface area contributed by atoms with Crippen LogP contribution in [0.5, 0.6) is 5.75 Å². The van der Waals surface area contributed by atoms with Crippen molar-refractivity contribution in [3.63, 3.8) is 0 Å². The normalized spacial score (nSPS) is 12.2. The first kappa shape index (κ1) is 16.5. The molecule has 0 saturated heterocycles. The molecule has 0 bridgehead atoms. The van der Waals surface area contributed by atoms with Crippen LogP contribution in [0.15, 0.2) is 36.7 Å². The average molecular weight is 417 g/mol. The van der Waals surface area contributed by atoms with Crippen LogP contribution in [0.25, 0.3) is 0 Å². The largest absolute Gasteiger partial charge is 0.495 e. The number of pyridine rings is 1. The Bertz CT molecular complexity index is 607. The molecular weight excluding hydrogens is 399 g/mol. The Balaban J connectivity index is 2.38. The summed E-state index contributed by atoms with van der Waals surface area (Å²) in [6.45, 7) is 3.07. The second-order valence-electron chi connectivity index (χ2n) is 4.72. The summed E-state index contributed by atoms with van der Waals surface area (Å²) < 4.78 is 6.32. The Hall–Kier alpha value is -0.850. The molecule has 2 aromatic rings. The number of nitrogens with zero attached hydrogens (tertiary/aromatic N) is 1. The van der Waals surface area contributed by atoms with Crippen LogP contribution in [0.3, 0.4) is 0 Å². The van der Waals surface area contributed by atoms with Gasteiger partial charge in [0.2, 0.25) is 0 Å². The highest BCUT2D eigenvalue weighted by Crippen LogP contribution is 2.28. The van der Waals surface area contributed by atoms with E-state index in [2.05, 4.69) is 45.9 Å². The third-order valence-electron chi connectivity index (χ3n) is 3.18. The van der Waals surface area contributed by atoms with Gasteiger partial charge in [0.05, 0.1) is 24.4 Å². The molecule has 1 N–H and O–H groups in total. The minimum absolute atomic E-state index is 0.0575. The first-order valence-electron chi connectivity index (χ1n) is 6.83. The fourth-order valence-corrected chi connectivity index (χ4v) is 2.64. The molecule has 1 unspecified atom stereocenters. The lowest BCUT2D eigenvalue weighted by atomic mass is 10.00. The van der Waals surface area contributed by atoms with Gasteiger partial charge in [0.15, 0.2) is 0 Å². The Morgan fingerprint density at radius 2 is 2.10 bits per heavy atom. The van der Waals surface area contributed by atoms with E-state index in [1.165, 1.54) is 0 Å². The van der Waals surface area contributed by atoms with Crippen molar-refractivity contribution < 1.29 is 4.74 Å². The molecule has 1 aromatic heterocycles. The zero-order valence-corrected chi connectivity index (χ0v) is 15.0. The van der Waals surface area contributed by atoms with E-state index < -0.39 is 0 Å². The number of aromatic nitrogens is 1. The number of halogens is 2. The van der Waals surface area contributed by atoms with Crippen molar-refractivity contribution in [2.75, 3.05) is 13.7 Å². The summed E-state index contributed by atoms with van der Waals surface area (Å²) in [5, 5.41) is 4.31. The molecule has 0 spiro atoms. The molecular formula is C16H18ClIN2O. The fraction of sp³-hybridized carbons (Fsp3) is 0.312. The van der Waals surface area contributed by atoms with Crippen LogP contribution < -0.4 is 10.1 Å². The Labute approximate surface area is 144 Å². The van der Waals surface area contributed by atoms with Crippen molar-refractivity contribution in [2.24, 2.45) is 0 Å². The van der Waals surface area contributed by atoms with Crippen molar-refractivity contribution in [1.29, 1.82) is 0 Å². The summed E-state index contributed by atoms with van der Waals surface area (Å²) in [6, 6.07) is 8.21. The van der Waals surface area contributed by atoms with E-state index in [0.717, 1.165) is 38.4 Å². The Morgan fingerprint density at radius 3 is 2.76 bits per heavy atom. The van der Waals surface area contributed by atoms with E-state index in [1.54, 1.807) is 13.3 Å². The lowest BCUT2D eigenvalue weighted by Gasteiger charge is -2.20. The van der Waals surface area contributed by atoms with Crippen molar-refractivity contribution >= 4 is 34.2 Å². The lowest BCUT2D eigenvalue weighted by molar-refractivity contribution is 0.411. The number of hydrogen-bond acceptors (Lipinski definition) is 3. The monoisotopic (exact) mass is 416 g/mol. The third-order valence-corrected chi connectivity index (χ3v) is 4.75. The maximum atomic E-state index is 6.26. The lowest BCUT2D eigenvalue weighted by Crippen LogP contribution is -2.23. The summed E-state index contributed by atoms with van der Waals surface area (Å²) in [6.07, 6.45) is 4.63. The molecule has 0 amide bonds. The van der Waals surface area contributed by atoms with Crippen LogP contribution in [-0.4, -0.2) is 18.6 Å². The molecule has 0 aliphatic heterocycles. The SMILES string of the molecule is CCCNC(c1cncc(OC)c1)c1ccc(I)c(Cl)c1. The predicted molar refractivity (Wildman–Crippen MR) is 95.1 cm³/mol. The fourth-order valence-electron chi connectivity index (χ4n) is 2.11. The summed E-state index contributed by atoms with van der Waals surface area (Å²) >= 11 is 8.50. The van der Waals surface area contributed by atoms with Crippen LogP contribution in [0.1, 0.15) is 30.5 Å². The molecule has 0 fully saturated rings. The van der Waals surface area contributed by atoms with Gasteiger partial charge >= 0.3 is 0 Å². The molecule has 2 rings (SSSR count). The number of nitrogens with one attached hydrogen (secondary N) is 1. The standard InChI is InChI=1S/C16H18ClIN2O/c1-3-6-20-16(11-4-5-15(18)14(17)8-11)12-7-13(21-2)10-19-9-12/h4-5,7-10,16,20H,3,6H2,1-2H3. The number of hydrogen-bond donors (Lipinski definition) is 1.